The molecule has 0 spiro atoms. The summed E-state index contributed by atoms with van der Waals surface area (Å²) in [5, 5.41) is 0. The molecule has 1 atom stereocenters. The van der Waals surface area contributed by atoms with Crippen LogP contribution in [0.4, 0.5) is 0 Å². The van der Waals surface area contributed by atoms with E-state index in [1.54, 1.807) is 0 Å². The Hall–Kier alpha value is -0.370. The molecule has 2 aliphatic rings. The van der Waals surface area contributed by atoms with E-state index in [9.17, 15) is 4.79 Å². The predicted octanol–water partition coefficient (Wildman–Crippen LogP) is 2.95. The lowest BCUT2D eigenvalue weighted by atomic mass is 9.84. The number of ether oxygens (including phenoxy) is 1. The van der Waals surface area contributed by atoms with E-state index >= 15 is 0 Å². The zero-order valence-electron chi connectivity index (χ0n) is 9.54. The normalized spacial score (nSPS) is 28.1. The van der Waals surface area contributed by atoms with Crippen LogP contribution in [0, 0.1) is 11.8 Å². The molecule has 2 heteroatoms. The summed E-state index contributed by atoms with van der Waals surface area (Å²) in [5.41, 5.74) is 0. The van der Waals surface area contributed by atoms with Crippen LogP contribution in [0.15, 0.2) is 0 Å². The summed E-state index contributed by atoms with van der Waals surface area (Å²) in [7, 11) is 0. The summed E-state index contributed by atoms with van der Waals surface area (Å²) >= 11 is 0. The van der Waals surface area contributed by atoms with Gasteiger partial charge in [0, 0.05) is 18.9 Å². The van der Waals surface area contributed by atoms with Crippen molar-refractivity contribution in [3.05, 3.63) is 0 Å². The zero-order chi connectivity index (χ0) is 10.5. The molecule has 0 aromatic carbocycles. The number of hydrogen-bond donors (Lipinski definition) is 0. The Kier molecular flexibility index (Phi) is 4.18. The second kappa shape index (κ2) is 5.64. The van der Waals surface area contributed by atoms with Crippen LogP contribution in [0.3, 0.4) is 0 Å². The maximum atomic E-state index is 11.8. The molecule has 0 aromatic rings. The van der Waals surface area contributed by atoms with Gasteiger partial charge in [-0.3, -0.25) is 4.79 Å². The van der Waals surface area contributed by atoms with E-state index in [2.05, 4.69) is 0 Å². The first-order valence-electron chi connectivity index (χ1n) is 6.46. The van der Waals surface area contributed by atoms with Gasteiger partial charge in [0.2, 0.25) is 0 Å². The van der Waals surface area contributed by atoms with Gasteiger partial charge >= 0.3 is 0 Å². The van der Waals surface area contributed by atoms with Crippen molar-refractivity contribution < 1.29 is 9.53 Å². The summed E-state index contributed by atoms with van der Waals surface area (Å²) in [6, 6.07) is 0. The van der Waals surface area contributed by atoms with E-state index in [-0.39, 0.29) is 5.92 Å². The van der Waals surface area contributed by atoms with Crippen molar-refractivity contribution in [2.45, 2.75) is 51.4 Å². The minimum atomic E-state index is 0.230. The first-order valence-corrected chi connectivity index (χ1v) is 6.46. The molecule has 86 valence electrons. The molecule has 1 aliphatic heterocycles. The van der Waals surface area contributed by atoms with Gasteiger partial charge < -0.3 is 4.74 Å². The van der Waals surface area contributed by atoms with Crippen molar-refractivity contribution >= 4 is 5.78 Å². The molecule has 1 saturated carbocycles. The Bertz CT molecular complexity index is 201. The minimum Gasteiger partial charge on any atom is -0.381 e. The second-order valence-electron chi connectivity index (χ2n) is 5.07. The average Bonchev–Trinajstić information content (AvgIpc) is 2.81. The minimum absolute atomic E-state index is 0.230. The molecule has 0 amide bonds. The molecule has 2 fully saturated rings. The topological polar surface area (TPSA) is 26.3 Å². The molecular formula is C13H22O2. The first-order chi connectivity index (χ1) is 7.36. The standard InChI is InChI=1S/C13H22O2/c14-13(12-8-9-15-10-12)7-6-11-4-2-1-3-5-11/h11-12H,1-10H2. The van der Waals surface area contributed by atoms with Gasteiger partial charge in [0.15, 0.2) is 0 Å². The lowest BCUT2D eigenvalue weighted by Crippen LogP contribution is -2.16. The van der Waals surface area contributed by atoms with E-state index < -0.39 is 0 Å². The Morgan fingerprint density at radius 2 is 1.93 bits per heavy atom. The lowest BCUT2D eigenvalue weighted by molar-refractivity contribution is -0.123. The van der Waals surface area contributed by atoms with Crippen LogP contribution in [0.1, 0.15) is 51.4 Å². The van der Waals surface area contributed by atoms with Crippen LogP contribution in [-0.4, -0.2) is 19.0 Å². The molecule has 1 heterocycles. The van der Waals surface area contributed by atoms with Crippen molar-refractivity contribution in [2.24, 2.45) is 11.8 Å². The molecule has 0 N–H and O–H groups in total. The third kappa shape index (κ3) is 3.30. The van der Waals surface area contributed by atoms with E-state index in [0.29, 0.717) is 12.4 Å². The highest BCUT2D eigenvalue weighted by atomic mass is 16.5. The Morgan fingerprint density at radius 1 is 1.13 bits per heavy atom. The molecule has 2 rings (SSSR count). The average molecular weight is 210 g/mol. The number of carbonyl (C=O) groups is 1. The number of ketones is 1. The molecule has 0 bridgehead atoms. The van der Waals surface area contributed by atoms with Crippen LogP contribution >= 0.6 is 0 Å². The van der Waals surface area contributed by atoms with E-state index in [0.717, 1.165) is 31.8 Å². The summed E-state index contributed by atoms with van der Waals surface area (Å²) in [5.74, 6) is 1.52. The summed E-state index contributed by atoms with van der Waals surface area (Å²) < 4.78 is 5.25. The quantitative estimate of drug-likeness (QED) is 0.713. The second-order valence-corrected chi connectivity index (χ2v) is 5.07. The molecule has 1 aliphatic carbocycles. The van der Waals surface area contributed by atoms with Gasteiger partial charge in [0.05, 0.1) is 6.61 Å². The summed E-state index contributed by atoms with van der Waals surface area (Å²) in [6.45, 7) is 1.48. The van der Waals surface area contributed by atoms with Gasteiger partial charge in [-0.25, -0.2) is 0 Å². The molecule has 15 heavy (non-hydrogen) atoms. The van der Waals surface area contributed by atoms with E-state index in [1.807, 2.05) is 0 Å². The highest BCUT2D eigenvalue weighted by Gasteiger charge is 2.24. The molecule has 0 aromatic heterocycles. The van der Waals surface area contributed by atoms with Crippen molar-refractivity contribution in [2.75, 3.05) is 13.2 Å². The fraction of sp³-hybridized carbons (Fsp3) is 0.923. The zero-order valence-corrected chi connectivity index (χ0v) is 9.54. The Labute approximate surface area is 92.4 Å². The van der Waals surface area contributed by atoms with Crippen LogP contribution in [0.2, 0.25) is 0 Å². The Morgan fingerprint density at radius 3 is 2.60 bits per heavy atom. The van der Waals surface area contributed by atoms with E-state index in [4.69, 9.17) is 4.74 Å². The third-order valence-corrected chi connectivity index (χ3v) is 3.91. The fourth-order valence-electron chi connectivity index (χ4n) is 2.81. The van der Waals surface area contributed by atoms with Gasteiger partial charge in [-0.2, -0.15) is 0 Å². The maximum Gasteiger partial charge on any atom is 0.138 e. The lowest BCUT2D eigenvalue weighted by Gasteiger charge is -2.21. The predicted molar refractivity (Wildman–Crippen MR) is 59.7 cm³/mol. The van der Waals surface area contributed by atoms with Gasteiger partial charge in [-0.05, 0) is 18.8 Å². The first kappa shape index (κ1) is 11.1. The monoisotopic (exact) mass is 210 g/mol. The number of carbonyl (C=O) groups excluding carboxylic acids is 1. The molecular weight excluding hydrogens is 188 g/mol. The molecule has 0 radical (unpaired) electrons. The molecule has 1 unspecified atom stereocenters. The SMILES string of the molecule is O=C(CCC1CCCCC1)C1CCOC1. The Balaban J connectivity index is 1.65. The van der Waals surface area contributed by atoms with Crippen molar-refractivity contribution in [3.8, 4) is 0 Å². The van der Waals surface area contributed by atoms with Crippen LogP contribution in [0.25, 0.3) is 0 Å². The molecule has 1 saturated heterocycles. The molecule has 2 nitrogen and oxygen atoms in total. The largest absolute Gasteiger partial charge is 0.381 e. The smallest absolute Gasteiger partial charge is 0.138 e. The van der Waals surface area contributed by atoms with Crippen LogP contribution < -0.4 is 0 Å². The highest BCUT2D eigenvalue weighted by Crippen LogP contribution is 2.28. The van der Waals surface area contributed by atoms with Crippen molar-refractivity contribution in [1.82, 2.24) is 0 Å². The third-order valence-electron chi connectivity index (χ3n) is 3.91. The van der Waals surface area contributed by atoms with Gasteiger partial charge in [-0.15, -0.1) is 0 Å². The maximum absolute atomic E-state index is 11.8. The number of rotatable bonds is 4. The van der Waals surface area contributed by atoms with Gasteiger partial charge in [0.1, 0.15) is 5.78 Å². The summed E-state index contributed by atoms with van der Waals surface area (Å²) in [6.07, 6.45) is 9.78. The van der Waals surface area contributed by atoms with Gasteiger partial charge in [-0.1, -0.05) is 32.1 Å². The number of hydrogen-bond acceptors (Lipinski definition) is 2. The highest BCUT2D eigenvalue weighted by molar-refractivity contribution is 5.81. The van der Waals surface area contributed by atoms with Crippen LogP contribution in [-0.2, 0) is 9.53 Å². The summed E-state index contributed by atoms with van der Waals surface area (Å²) in [4.78, 5) is 11.8. The van der Waals surface area contributed by atoms with Crippen molar-refractivity contribution in [3.63, 3.8) is 0 Å². The fourth-order valence-corrected chi connectivity index (χ4v) is 2.81. The van der Waals surface area contributed by atoms with Gasteiger partial charge in [0.25, 0.3) is 0 Å². The van der Waals surface area contributed by atoms with Crippen molar-refractivity contribution in [1.29, 1.82) is 0 Å². The van der Waals surface area contributed by atoms with E-state index in [1.165, 1.54) is 32.1 Å². The number of Topliss-reactive ketones (excluding diaryl/α,β-unsaturated/α-hetero) is 1. The van der Waals surface area contributed by atoms with Crippen LogP contribution in [0.5, 0.6) is 0 Å².